The van der Waals surface area contributed by atoms with Crippen molar-refractivity contribution in [3.63, 3.8) is 0 Å². The second kappa shape index (κ2) is 6.39. The maximum atomic E-state index is 12.6. The fourth-order valence-corrected chi connectivity index (χ4v) is 1.67. The summed E-state index contributed by atoms with van der Waals surface area (Å²) in [5, 5.41) is 0. The van der Waals surface area contributed by atoms with Crippen molar-refractivity contribution in [1.82, 2.24) is 4.98 Å². The zero-order chi connectivity index (χ0) is 13.7. The molecule has 0 unspecified atom stereocenters. The van der Waals surface area contributed by atoms with Crippen LogP contribution < -0.4 is 5.73 Å². The number of alkyl halides is 2. The Morgan fingerprint density at radius 1 is 1.56 bits per heavy atom. The molecule has 1 rings (SSSR count). The molecule has 6 heteroatoms. The van der Waals surface area contributed by atoms with E-state index >= 15 is 0 Å². The number of ether oxygens (including phenoxy) is 1. The van der Waals surface area contributed by atoms with E-state index in [1.165, 1.54) is 6.07 Å². The molecule has 0 aromatic carbocycles. The topological polar surface area (TPSA) is 65.2 Å². The lowest BCUT2D eigenvalue weighted by Gasteiger charge is -2.12. The van der Waals surface area contributed by atoms with Crippen LogP contribution >= 0.6 is 0 Å². The highest BCUT2D eigenvalue weighted by Gasteiger charge is 2.17. The molecule has 1 aromatic heterocycles. The molecule has 1 aromatic rings. The van der Waals surface area contributed by atoms with Crippen LogP contribution in [-0.4, -0.2) is 17.6 Å². The van der Waals surface area contributed by atoms with Crippen LogP contribution in [0.4, 0.5) is 8.78 Å². The lowest BCUT2D eigenvalue weighted by molar-refractivity contribution is -0.142. The van der Waals surface area contributed by atoms with Crippen LogP contribution in [0.2, 0.25) is 0 Å². The number of rotatable bonds is 5. The van der Waals surface area contributed by atoms with Crippen LogP contribution in [0.25, 0.3) is 0 Å². The number of carbonyl (C=O) groups excluding carboxylic acids is 1. The largest absolute Gasteiger partial charge is 0.466 e. The number of nitrogens with zero attached hydrogens (tertiary/aromatic N) is 1. The Labute approximate surface area is 104 Å². The normalized spacial score (nSPS) is 10.8. The van der Waals surface area contributed by atoms with Crippen molar-refractivity contribution >= 4 is 5.97 Å². The molecule has 0 radical (unpaired) electrons. The Hall–Kier alpha value is -1.56. The van der Waals surface area contributed by atoms with Gasteiger partial charge in [0.15, 0.2) is 0 Å². The third kappa shape index (κ3) is 3.46. The van der Waals surface area contributed by atoms with Crippen LogP contribution in [0, 0.1) is 6.92 Å². The van der Waals surface area contributed by atoms with Crippen molar-refractivity contribution in [2.24, 2.45) is 5.73 Å². The zero-order valence-corrected chi connectivity index (χ0v) is 10.4. The first-order valence-electron chi connectivity index (χ1n) is 5.62. The van der Waals surface area contributed by atoms with Crippen molar-refractivity contribution in [1.29, 1.82) is 0 Å². The number of aryl methyl sites for hydroxylation is 1. The molecule has 0 atom stereocenters. The van der Waals surface area contributed by atoms with Gasteiger partial charge in [-0.2, -0.15) is 0 Å². The van der Waals surface area contributed by atoms with E-state index in [2.05, 4.69) is 4.98 Å². The van der Waals surface area contributed by atoms with Gasteiger partial charge in [-0.15, -0.1) is 0 Å². The highest BCUT2D eigenvalue weighted by atomic mass is 19.3. The van der Waals surface area contributed by atoms with Crippen LogP contribution in [0.15, 0.2) is 6.07 Å². The third-order valence-electron chi connectivity index (χ3n) is 2.50. The number of halogens is 2. The van der Waals surface area contributed by atoms with Gasteiger partial charge in [0.05, 0.1) is 18.7 Å². The summed E-state index contributed by atoms with van der Waals surface area (Å²) in [6.45, 7) is 3.64. The Bertz CT molecular complexity index is 436. The maximum absolute atomic E-state index is 12.6. The minimum Gasteiger partial charge on any atom is -0.466 e. The van der Waals surface area contributed by atoms with Gasteiger partial charge in [0.2, 0.25) is 0 Å². The van der Waals surface area contributed by atoms with E-state index in [4.69, 9.17) is 10.5 Å². The van der Waals surface area contributed by atoms with Crippen molar-refractivity contribution in [3.05, 3.63) is 28.6 Å². The summed E-state index contributed by atoms with van der Waals surface area (Å²) in [4.78, 5) is 15.2. The minimum atomic E-state index is -2.65. The van der Waals surface area contributed by atoms with Gasteiger partial charge in [-0.25, -0.2) is 8.78 Å². The second-order valence-corrected chi connectivity index (χ2v) is 3.78. The van der Waals surface area contributed by atoms with Gasteiger partial charge >= 0.3 is 5.97 Å². The minimum absolute atomic E-state index is 0.00270. The Morgan fingerprint density at radius 3 is 2.72 bits per heavy atom. The monoisotopic (exact) mass is 258 g/mol. The molecule has 0 aliphatic heterocycles. The first-order chi connectivity index (χ1) is 8.49. The molecule has 0 amide bonds. The van der Waals surface area contributed by atoms with Gasteiger partial charge in [0.1, 0.15) is 5.69 Å². The van der Waals surface area contributed by atoms with Gasteiger partial charge in [0, 0.05) is 6.54 Å². The number of esters is 1. The standard InChI is InChI=1S/C12H16F2N2O2/c1-3-18-11(17)5-8-7(2)4-9(12(13)14)16-10(8)6-15/h4,12H,3,5-6,15H2,1-2H3. The summed E-state index contributed by atoms with van der Waals surface area (Å²) in [6, 6.07) is 1.28. The van der Waals surface area contributed by atoms with E-state index in [0.29, 0.717) is 16.8 Å². The zero-order valence-electron chi connectivity index (χ0n) is 10.4. The van der Waals surface area contributed by atoms with E-state index in [1.807, 2.05) is 0 Å². The van der Waals surface area contributed by atoms with Crippen molar-refractivity contribution < 1.29 is 18.3 Å². The molecule has 100 valence electrons. The second-order valence-electron chi connectivity index (χ2n) is 3.78. The van der Waals surface area contributed by atoms with Gasteiger partial charge < -0.3 is 10.5 Å². The van der Waals surface area contributed by atoms with E-state index in [1.54, 1.807) is 13.8 Å². The SMILES string of the molecule is CCOC(=O)Cc1c(C)cc(C(F)F)nc1CN. The Balaban J connectivity index is 3.07. The third-order valence-corrected chi connectivity index (χ3v) is 2.50. The van der Waals surface area contributed by atoms with Crippen LogP contribution in [0.5, 0.6) is 0 Å². The molecule has 0 spiro atoms. The number of hydrogen-bond donors (Lipinski definition) is 1. The molecule has 0 bridgehead atoms. The van der Waals surface area contributed by atoms with E-state index < -0.39 is 12.4 Å². The summed E-state index contributed by atoms with van der Waals surface area (Å²) in [7, 11) is 0. The predicted octanol–water partition coefficient (Wildman–Crippen LogP) is 1.89. The Morgan fingerprint density at radius 2 is 2.22 bits per heavy atom. The number of pyridine rings is 1. The molecule has 0 aliphatic rings. The molecule has 1 heterocycles. The lowest BCUT2D eigenvalue weighted by Crippen LogP contribution is -2.15. The van der Waals surface area contributed by atoms with Crippen molar-refractivity contribution in [2.45, 2.75) is 33.2 Å². The molecular formula is C12H16F2N2O2. The smallest absolute Gasteiger partial charge is 0.310 e. The first-order valence-corrected chi connectivity index (χ1v) is 5.62. The van der Waals surface area contributed by atoms with Crippen LogP contribution in [0.3, 0.4) is 0 Å². The average Bonchev–Trinajstić information content (AvgIpc) is 2.31. The fourth-order valence-electron chi connectivity index (χ4n) is 1.67. The van der Waals surface area contributed by atoms with Gasteiger partial charge in [-0.1, -0.05) is 0 Å². The molecular weight excluding hydrogens is 242 g/mol. The van der Waals surface area contributed by atoms with Crippen LogP contribution in [-0.2, 0) is 22.5 Å². The summed E-state index contributed by atoms with van der Waals surface area (Å²) >= 11 is 0. The molecule has 0 aliphatic carbocycles. The lowest BCUT2D eigenvalue weighted by atomic mass is 10.0. The number of nitrogens with two attached hydrogens (primary N) is 1. The molecule has 2 N–H and O–H groups in total. The summed E-state index contributed by atoms with van der Waals surface area (Å²) in [5.41, 5.74) is 6.63. The molecule has 4 nitrogen and oxygen atoms in total. The molecule has 0 saturated heterocycles. The fraction of sp³-hybridized carbons (Fsp3) is 0.500. The average molecular weight is 258 g/mol. The molecule has 18 heavy (non-hydrogen) atoms. The van der Waals surface area contributed by atoms with E-state index in [0.717, 1.165) is 0 Å². The predicted molar refractivity (Wildman–Crippen MR) is 62.2 cm³/mol. The van der Waals surface area contributed by atoms with Crippen molar-refractivity contribution in [3.8, 4) is 0 Å². The van der Waals surface area contributed by atoms with Gasteiger partial charge in [-0.3, -0.25) is 9.78 Å². The van der Waals surface area contributed by atoms with E-state index in [9.17, 15) is 13.6 Å². The number of carbonyl (C=O) groups is 1. The first kappa shape index (κ1) is 14.5. The molecule has 0 saturated carbocycles. The Kier molecular flexibility index (Phi) is 5.15. The summed E-state index contributed by atoms with van der Waals surface area (Å²) < 4.78 is 30.0. The highest BCUT2D eigenvalue weighted by Crippen LogP contribution is 2.22. The highest BCUT2D eigenvalue weighted by molar-refractivity contribution is 5.73. The summed E-state index contributed by atoms with van der Waals surface area (Å²) in [6.07, 6.45) is -2.64. The van der Waals surface area contributed by atoms with Crippen molar-refractivity contribution in [2.75, 3.05) is 6.61 Å². The quantitative estimate of drug-likeness (QED) is 0.819. The number of hydrogen-bond acceptors (Lipinski definition) is 4. The molecule has 0 fully saturated rings. The van der Waals surface area contributed by atoms with Gasteiger partial charge in [-0.05, 0) is 31.0 Å². The number of aromatic nitrogens is 1. The maximum Gasteiger partial charge on any atom is 0.310 e. The van der Waals surface area contributed by atoms with Crippen LogP contribution in [0.1, 0.15) is 35.9 Å². The van der Waals surface area contributed by atoms with Gasteiger partial charge in [0.25, 0.3) is 6.43 Å². The van der Waals surface area contributed by atoms with E-state index in [-0.39, 0.29) is 25.3 Å². The summed E-state index contributed by atoms with van der Waals surface area (Å²) in [5.74, 6) is -0.415.